The highest BCUT2D eigenvalue weighted by atomic mass is 127. The molecule has 1 aromatic rings. The number of piperazine rings is 1. The second-order valence-corrected chi connectivity index (χ2v) is 9.14. The Balaban J connectivity index is 0.00000363. The Morgan fingerprint density at radius 1 is 1.19 bits per heavy atom. The number of carbonyl (C=O) groups is 1. The normalized spacial score (nSPS) is 20.6. The lowest BCUT2D eigenvalue weighted by atomic mass is 10.0. The van der Waals surface area contributed by atoms with Gasteiger partial charge in [0.25, 0.3) is 5.91 Å². The lowest BCUT2D eigenvalue weighted by Gasteiger charge is -2.38. The van der Waals surface area contributed by atoms with Crippen molar-refractivity contribution in [1.29, 1.82) is 0 Å². The third-order valence-corrected chi connectivity index (χ3v) is 5.96. The number of amides is 1. The van der Waals surface area contributed by atoms with Gasteiger partial charge in [0.1, 0.15) is 6.10 Å². The molecule has 2 unspecified atom stereocenters. The highest BCUT2D eigenvalue weighted by Crippen LogP contribution is 2.18. The van der Waals surface area contributed by atoms with E-state index in [4.69, 9.17) is 9.73 Å². The molecule has 0 aliphatic carbocycles. The first-order chi connectivity index (χ1) is 14.9. The van der Waals surface area contributed by atoms with E-state index in [1.54, 1.807) is 0 Å². The number of nitrogens with one attached hydrogen (secondary N) is 2. The van der Waals surface area contributed by atoms with Crippen molar-refractivity contribution in [3.63, 3.8) is 0 Å². The Labute approximate surface area is 210 Å². The molecule has 0 bridgehead atoms. The van der Waals surface area contributed by atoms with Crippen LogP contribution in [0.4, 0.5) is 0 Å². The summed E-state index contributed by atoms with van der Waals surface area (Å²) < 4.78 is 5.57. The van der Waals surface area contributed by atoms with Crippen LogP contribution in [0.2, 0.25) is 0 Å². The topological polar surface area (TPSA) is 69.2 Å². The maximum atomic E-state index is 12.6. The van der Waals surface area contributed by atoms with Crippen molar-refractivity contribution in [2.45, 2.75) is 58.2 Å². The summed E-state index contributed by atoms with van der Waals surface area (Å²) in [5, 5.41) is 7.14. The van der Waals surface area contributed by atoms with Gasteiger partial charge in [0.2, 0.25) is 0 Å². The van der Waals surface area contributed by atoms with Crippen LogP contribution in [-0.4, -0.2) is 79.2 Å². The Hall–Kier alpha value is -1.39. The molecular formula is C24H40IN5O2. The van der Waals surface area contributed by atoms with Crippen molar-refractivity contribution < 1.29 is 9.53 Å². The van der Waals surface area contributed by atoms with Gasteiger partial charge in [-0.2, -0.15) is 0 Å². The van der Waals surface area contributed by atoms with E-state index in [9.17, 15) is 4.79 Å². The molecule has 32 heavy (non-hydrogen) atoms. The fourth-order valence-corrected chi connectivity index (χ4v) is 4.27. The minimum absolute atomic E-state index is 0. The number of nitrogens with zero attached hydrogens (tertiary/aromatic N) is 3. The van der Waals surface area contributed by atoms with E-state index in [0.717, 1.165) is 51.5 Å². The molecule has 2 atom stereocenters. The van der Waals surface area contributed by atoms with E-state index in [2.05, 4.69) is 67.5 Å². The van der Waals surface area contributed by atoms with Crippen molar-refractivity contribution >= 4 is 35.8 Å². The molecule has 0 aromatic heterocycles. The summed E-state index contributed by atoms with van der Waals surface area (Å²) in [5.74, 6) is 1.08. The molecule has 8 heteroatoms. The summed E-state index contributed by atoms with van der Waals surface area (Å²) in [6.45, 7) is 13.9. The minimum Gasteiger partial charge on any atom is -0.368 e. The van der Waals surface area contributed by atoms with Crippen LogP contribution >= 0.6 is 24.0 Å². The van der Waals surface area contributed by atoms with Crippen LogP contribution in [0.3, 0.4) is 0 Å². The number of hydrogen-bond acceptors (Lipinski definition) is 4. The van der Waals surface area contributed by atoms with Gasteiger partial charge < -0.3 is 25.2 Å². The second-order valence-electron chi connectivity index (χ2n) is 9.14. The van der Waals surface area contributed by atoms with E-state index in [1.807, 2.05) is 11.0 Å². The third-order valence-electron chi connectivity index (χ3n) is 5.96. The lowest BCUT2D eigenvalue weighted by molar-refractivity contribution is -0.142. The smallest absolute Gasteiger partial charge is 0.251 e. The number of ether oxygens (including phenoxy) is 1. The molecule has 2 aliphatic rings. The number of carbonyl (C=O) groups excluding carboxylic acids is 1. The second kappa shape index (κ2) is 12.7. The largest absolute Gasteiger partial charge is 0.368 e. The van der Waals surface area contributed by atoms with Gasteiger partial charge in [0.05, 0.1) is 6.54 Å². The first kappa shape index (κ1) is 26.9. The van der Waals surface area contributed by atoms with Gasteiger partial charge in [0, 0.05) is 50.9 Å². The molecular weight excluding hydrogens is 517 g/mol. The van der Waals surface area contributed by atoms with Crippen molar-refractivity contribution in [1.82, 2.24) is 20.4 Å². The molecule has 1 aromatic carbocycles. The Kier molecular flexibility index (Phi) is 10.7. The average molecular weight is 558 g/mol. The van der Waals surface area contributed by atoms with Gasteiger partial charge in [-0.15, -0.1) is 24.0 Å². The van der Waals surface area contributed by atoms with Crippen LogP contribution in [-0.2, 0) is 9.53 Å². The van der Waals surface area contributed by atoms with E-state index in [0.29, 0.717) is 13.2 Å². The highest BCUT2D eigenvalue weighted by Gasteiger charge is 2.31. The van der Waals surface area contributed by atoms with Gasteiger partial charge in [-0.3, -0.25) is 9.79 Å². The van der Waals surface area contributed by atoms with Crippen LogP contribution < -0.4 is 10.6 Å². The fraction of sp³-hybridized carbons (Fsp3) is 0.667. The van der Waals surface area contributed by atoms with Gasteiger partial charge in [-0.25, -0.2) is 0 Å². The predicted octanol–water partition coefficient (Wildman–Crippen LogP) is 3.02. The fourth-order valence-electron chi connectivity index (χ4n) is 4.27. The molecule has 2 heterocycles. The molecule has 0 spiro atoms. The number of benzene rings is 1. The Bertz CT molecular complexity index is 729. The first-order valence-electron chi connectivity index (χ1n) is 11.7. The number of aliphatic imine (C=N–C) groups is 1. The van der Waals surface area contributed by atoms with Crippen LogP contribution in [0.15, 0.2) is 35.3 Å². The summed E-state index contributed by atoms with van der Waals surface area (Å²) in [7, 11) is 0. The first-order valence-corrected chi connectivity index (χ1v) is 11.7. The SMILES string of the molecule is CCNC(=NCC(C)(C)NC(C)c1ccccc1)N1CCN(C(=O)C2CCCO2)CC1.I. The zero-order valence-corrected chi connectivity index (χ0v) is 22.3. The number of hydrogen-bond donors (Lipinski definition) is 2. The van der Waals surface area contributed by atoms with Crippen molar-refractivity contribution in [3.05, 3.63) is 35.9 Å². The Morgan fingerprint density at radius 3 is 2.44 bits per heavy atom. The number of halogens is 1. The zero-order chi connectivity index (χ0) is 22.3. The zero-order valence-electron chi connectivity index (χ0n) is 20.0. The summed E-state index contributed by atoms with van der Waals surface area (Å²) in [5.41, 5.74) is 1.13. The van der Waals surface area contributed by atoms with Crippen LogP contribution in [0, 0.1) is 0 Å². The van der Waals surface area contributed by atoms with E-state index < -0.39 is 0 Å². The number of rotatable bonds is 7. The summed E-state index contributed by atoms with van der Waals surface area (Å²) >= 11 is 0. The quantitative estimate of drug-likeness (QED) is 0.307. The standard InChI is InChI=1S/C24H39N5O2.HI/c1-5-25-23(26-18-24(3,4)27-19(2)20-10-7-6-8-11-20)29-15-13-28(14-16-29)22(30)21-12-9-17-31-21;/h6-8,10-11,19,21,27H,5,9,12-18H2,1-4H3,(H,25,26);1H. The van der Waals surface area contributed by atoms with Crippen LogP contribution in [0.1, 0.15) is 52.1 Å². The van der Waals surface area contributed by atoms with E-state index in [1.165, 1.54) is 5.56 Å². The maximum Gasteiger partial charge on any atom is 0.251 e. The highest BCUT2D eigenvalue weighted by molar-refractivity contribution is 14.0. The predicted molar refractivity (Wildman–Crippen MR) is 141 cm³/mol. The van der Waals surface area contributed by atoms with Crippen molar-refractivity contribution in [2.24, 2.45) is 4.99 Å². The summed E-state index contributed by atoms with van der Waals surface area (Å²) in [4.78, 5) is 21.8. The lowest BCUT2D eigenvalue weighted by Crippen LogP contribution is -2.55. The van der Waals surface area contributed by atoms with Gasteiger partial charge in [0.15, 0.2) is 5.96 Å². The van der Waals surface area contributed by atoms with Gasteiger partial charge in [-0.05, 0) is 46.1 Å². The van der Waals surface area contributed by atoms with Crippen LogP contribution in [0.25, 0.3) is 0 Å². The van der Waals surface area contributed by atoms with Crippen molar-refractivity contribution in [2.75, 3.05) is 45.9 Å². The maximum absolute atomic E-state index is 12.6. The van der Waals surface area contributed by atoms with Gasteiger partial charge >= 0.3 is 0 Å². The van der Waals surface area contributed by atoms with E-state index >= 15 is 0 Å². The molecule has 7 nitrogen and oxygen atoms in total. The third kappa shape index (κ3) is 7.59. The summed E-state index contributed by atoms with van der Waals surface area (Å²) in [6.07, 6.45) is 1.61. The molecule has 0 saturated carbocycles. The molecule has 3 rings (SSSR count). The summed E-state index contributed by atoms with van der Waals surface area (Å²) in [6, 6.07) is 10.7. The van der Waals surface area contributed by atoms with Gasteiger partial charge in [-0.1, -0.05) is 30.3 Å². The van der Waals surface area contributed by atoms with Crippen molar-refractivity contribution in [3.8, 4) is 0 Å². The molecule has 0 radical (unpaired) electrons. The monoisotopic (exact) mass is 557 g/mol. The molecule has 2 fully saturated rings. The molecule has 1 amide bonds. The average Bonchev–Trinajstić information content (AvgIpc) is 3.31. The van der Waals surface area contributed by atoms with Crippen LogP contribution in [0.5, 0.6) is 0 Å². The molecule has 2 aliphatic heterocycles. The molecule has 2 saturated heterocycles. The molecule has 2 N–H and O–H groups in total. The Morgan fingerprint density at radius 2 is 1.84 bits per heavy atom. The number of guanidine groups is 1. The van der Waals surface area contributed by atoms with E-state index in [-0.39, 0.29) is 47.6 Å². The minimum atomic E-state index is -0.230. The molecule has 180 valence electrons.